The second-order valence-electron chi connectivity index (χ2n) is 5.73. The third kappa shape index (κ3) is 10.2. The van der Waals surface area contributed by atoms with E-state index in [1.165, 1.54) is 12.8 Å². The van der Waals surface area contributed by atoms with Crippen molar-refractivity contribution in [3.05, 3.63) is 0 Å². The van der Waals surface area contributed by atoms with Crippen molar-refractivity contribution in [1.29, 1.82) is 0 Å². The van der Waals surface area contributed by atoms with Crippen LogP contribution in [-0.4, -0.2) is 38.1 Å². The maximum Gasteiger partial charge on any atom is 0.0197 e. The number of hydrogen-bond acceptors (Lipinski definition) is 2. The molecule has 0 amide bonds. The summed E-state index contributed by atoms with van der Waals surface area (Å²) in [6, 6.07) is 0.652. The zero-order valence-corrected chi connectivity index (χ0v) is 11.5. The lowest BCUT2D eigenvalue weighted by molar-refractivity contribution is 0.302. The first kappa shape index (κ1) is 14.9. The SMILES string of the molecule is CC(C)CCNC(CC(C)C)CN(C)C. The molecule has 0 aromatic rings. The summed E-state index contributed by atoms with van der Waals surface area (Å²) in [4.78, 5) is 2.27. The lowest BCUT2D eigenvalue weighted by atomic mass is 10.0. The molecular formula is C13H30N2. The fourth-order valence-electron chi connectivity index (χ4n) is 1.81. The number of hydrogen-bond donors (Lipinski definition) is 1. The van der Waals surface area contributed by atoms with Gasteiger partial charge < -0.3 is 10.2 Å². The Morgan fingerprint density at radius 1 is 1.00 bits per heavy atom. The average molecular weight is 214 g/mol. The number of rotatable bonds is 8. The van der Waals surface area contributed by atoms with Crippen molar-refractivity contribution < 1.29 is 0 Å². The van der Waals surface area contributed by atoms with Crippen LogP contribution in [0.5, 0.6) is 0 Å². The number of nitrogens with one attached hydrogen (secondary N) is 1. The molecule has 0 fully saturated rings. The summed E-state index contributed by atoms with van der Waals surface area (Å²) >= 11 is 0. The molecule has 0 rings (SSSR count). The van der Waals surface area contributed by atoms with Crippen molar-refractivity contribution >= 4 is 0 Å². The molecule has 0 aromatic heterocycles. The van der Waals surface area contributed by atoms with Crippen LogP contribution in [0.25, 0.3) is 0 Å². The molecular weight excluding hydrogens is 184 g/mol. The molecule has 2 heteroatoms. The van der Waals surface area contributed by atoms with E-state index in [0.717, 1.165) is 24.9 Å². The Morgan fingerprint density at radius 2 is 1.60 bits per heavy atom. The fraction of sp³-hybridized carbons (Fsp3) is 1.00. The first-order chi connectivity index (χ1) is 6.91. The maximum atomic E-state index is 3.67. The predicted molar refractivity (Wildman–Crippen MR) is 69.3 cm³/mol. The zero-order valence-electron chi connectivity index (χ0n) is 11.5. The Hall–Kier alpha value is -0.0800. The van der Waals surface area contributed by atoms with E-state index in [-0.39, 0.29) is 0 Å². The first-order valence-electron chi connectivity index (χ1n) is 6.30. The number of likely N-dealkylation sites (N-methyl/N-ethyl adjacent to an activating group) is 1. The topological polar surface area (TPSA) is 15.3 Å². The largest absolute Gasteiger partial charge is 0.313 e. The molecule has 0 bridgehead atoms. The second kappa shape index (κ2) is 8.12. The van der Waals surface area contributed by atoms with E-state index in [1.54, 1.807) is 0 Å². The average Bonchev–Trinajstić information content (AvgIpc) is 2.00. The molecule has 0 saturated carbocycles. The fourth-order valence-corrected chi connectivity index (χ4v) is 1.81. The zero-order chi connectivity index (χ0) is 11.8. The lowest BCUT2D eigenvalue weighted by Crippen LogP contribution is -2.39. The summed E-state index contributed by atoms with van der Waals surface area (Å²) in [7, 11) is 4.30. The molecule has 0 heterocycles. The van der Waals surface area contributed by atoms with Crippen LogP contribution in [-0.2, 0) is 0 Å². The van der Waals surface area contributed by atoms with Gasteiger partial charge >= 0.3 is 0 Å². The molecule has 0 aliphatic heterocycles. The maximum absolute atomic E-state index is 3.67. The third-order valence-electron chi connectivity index (χ3n) is 2.50. The van der Waals surface area contributed by atoms with Crippen LogP contribution < -0.4 is 5.32 Å². The molecule has 15 heavy (non-hydrogen) atoms. The van der Waals surface area contributed by atoms with Gasteiger partial charge in [-0.25, -0.2) is 0 Å². The molecule has 0 aliphatic carbocycles. The van der Waals surface area contributed by atoms with Crippen LogP contribution in [0.4, 0.5) is 0 Å². The normalized spacial score (nSPS) is 14.2. The highest BCUT2D eigenvalue weighted by Crippen LogP contribution is 2.06. The van der Waals surface area contributed by atoms with E-state index in [9.17, 15) is 0 Å². The minimum atomic E-state index is 0.652. The van der Waals surface area contributed by atoms with Gasteiger partial charge in [0.05, 0.1) is 0 Å². The monoisotopic (exact) mass is 214 g/mol. The first-order valence-corrected chi connectivity index (χ1v) is 6.30. The van der Waals surface area contributed by atoms with E-state index in [0.29, 0.717) is 6.04 Å². The van der Waals surface area contributed by atoms with Gasteiger partial charge in [-0.15, -0.1) is 0 Å². The summed E-state index contributed by atoms with van der Waals surface area (Å²) in [5.41, 5.74) is 0. The van der Waals surface area contributed by atoms with E-state index >= 15 is 0 Å². The molecule has 1 atom stereocenters. The summed E-state index contributed by atoms with van der Waals surface area (Å²) in [6.07, 6.45) is 2.55. The molecule has 1 N–H and O–H groups in total. The Kier molecular flexibility index (Phi) is 8.07. The van der Waals surface area contributed by atoms with Crippen molar-refractivity contribution in [2.75, 3.05) is 27.2 Å². The molecule has 0 aromatic carbocycles. The van der Waals surface area contributed by atoms with Crippen molar-refractivity contribution in [2.45, 2.75) is 46.6 Å². The summed E-state index contributed by atoms with van der Waals surface area (Å²) in [5, 5.41) is 3.67. The highest BCUT2D eigenvalue weighted by molar-refractivity contribution is 4.71. The highest BCUT2D eigenvalue weighted by Gasteiger charge is 2.11. The Balaban J connectivity index is 3.79. The minimum Gasteiger partial charge on any atom is -0.313 e. The van der Waals surface area contributed by atoms with Gasteiger partial charge in [0.25, 0.3) is 0 Å². The molecule has 0 radical (unpaired) electrons. The molecule has 92 valence electrons. The standard InChI is InChI=1S/C13H30N2/c1-11(2)7-8-14-13(9-12(3)4)10-15(5)6/h11-14H,7-10H2,1-6H3. The summed E-state index contributed by atoms with van der Waals surface area (Å²) < 4.78 is 0. The molecule has 0 aliphatic rings. The van der Waals surface area contributed by atoms with E-state index in [1.807, 2.05) is 0 Å². The second-order valence-corrected chi connectivity index (χ2v) is 5.73. The van der Waals surface area contributed by atoms with Crippen LogP contribution in [0.2, 0.25) is 0 Å². The highest BCUT2D eigenvalue weighted by atomic mass is 15.1. The van der Waals surface area contributed by atoms with Gasteiger partial charge in [-0.3, -0.25) is 0 Å². The molecule has 2 nitrogen and oxygen atoms in total. The van der Waals surface area contributed by atoms with Gasteiger partial charge in [0.2, 0.25) is 0 Å². The minimum absolute atomic E-state index is 0.652. The van der Waals surface area contributed by atoms with E-state index < -0.39 is 0 Å². The van der Waals surface area contributed by atoms with Gasteiger partial charge in [-0.2, -0.15) is 0 Å². The van der Waals surface area contributed by atoms with E-state index in [2.05, 4.69) is 52.0 Å². The third-order valence-corrected chi connectivity index (χ3v) is 2.50. The Labute approximate surface area is 96.4 Å². The quantitative estimate of drug-likeness (QED) is 0.668. The van der Waals surface area contributed by atoms with Gasteiger partial charge in [-0.1, -0.05) is 27.7 Å². The summed E-state index contributed by atoms with van der Waals surface area (Å²) in [6.45, 7) is 11.5. The van der Waals surface area contributed by atoms with Crippen molar-refractivity contribution in [2.24, 2.45) is 11.8 Å². The van der Waals surface area contributed by atoms with Crippen molar-refractivity contribution in [3.8, 4) is 0 Å². The molecule has 0 spiro atoms. The van der Waals surface area contributed by atoms with Crippen molar-refractivity contribution in [1.82, 2.24) is 10.2 Å². The molecule has 0 saturated heterocycles. The van der Waals surface area contributed by atoms with Crippen LogP contribution in [0, 0.1) is 11.8 Å². The summed E-state index contributed by atoms with van der Waals surface area (Å²) in [5.74, 6) is 1.58. The molecule has 1 unspecified atom stereocenters. The van der Waals surface area contributed by atoms with Crippen LogP contribution in [0.1, 0.15) is 40.5 Å². The van der Waals surface area contributed by atoms with Gasteiger partial charge in [0, 0.05) is 12.6 Å². The smallest absolute Gasteiger partial charge is 0.0197 e. The van der Waals surface area contributed by atoms with Crippen LogP contribution in [0.3, 0.4) is 0 Å². The predicted octanol–water partition coefficient (Wildman–Crippen LogP) is 2.60. The van der Waals surface area contributed by atoms with Crippen molar-refractivity contribution in [3.63, 3.8) is 0 Å². The van der Waals surface area contributed by atoms with Crippen LogP contribution in [0.15, 0.2) is 0 Å². The number of nitrogens with zero attached hydrogens (tertiary/aromatic N) is 1. The van der Waals surface area contributed by atoms with Gasteiger partial charge in [-0.05, 0) is 45.3 Å². The Morgan fingerprint density at radius 3 is 2.00 bits per heavy atom. The van der Waals surface area contributed by atoms with Gasteiger partial charge in [0.15, 0.2) is 0 Å². The van der Waals surface area contributed by atoms with Crippen LogP contribution >= 0.6 is 0 Å². The van der Waals surface area contributed by atoms with Gasteiger partial charge in [0.1, 0.15) is 0 Å². The van der Waals surface area contributed by atoms with E-state index in [4.69, 9.17) is 0 Å². The Bertz CT molecular complexity index is 131. The lowest BCUT2D eigenvalue weighted by Gasteiger charge is -2.24.